The molecule has 194 valence electrons. The van der Waals surface area contributed by atoms with Crippen molar-refractivity contribution >= 4 is 52.5 Å². The highest BCUT2D eigenvalue weighted by molar-refractivity contribution is 7.98. The van der Waals surface area contributed by atoms with Gasteiger partial charge in [-0.15, -0.1) is 5.10 Å². The number of benzene rings is 3. The number of fused-ring (bicyclic) bond motifs is 1. The second-order valence-corrected chi connectivity index (χ2v) is 10.8. The molecule has 1 aliphatic rings. The Labute approximate surface area is 234 Å². The van der Waals surface area contributed by atoms with Crippen LogP contribution in [0.25, 0.3) is 0 Å². The molecule has 6 nitrogen and oxygen atoms in total. The van der Waals surface area contributed by atoms with E-state index in [9.17, 15) is 4.79 Å². The molecule has 1 unspecified atom stereocenters. The van der Waals surface area contributed by atoms with Gasteiger partial charge in [-0.3, -0.25) is 4.79 Å². The van der Waals surface area contributed by atoms with Crippen molar-refractivity contribution in [1.82, 2.24) is 14.8 Å². The SMILES string of the molecule is CC1=C(C(=O)Nc2ccc(C)cc2C)C(c2c(F)cccc2Cl)n2nc(SCc3ccccc3Cl)nc2N1. The van der Waals surface area contributed by atoms with Gasteiger partial charge in [-0.1, -0.05) is 76.9 Å². The summed E-state index contributed by atoms with van der Waals surface area (Å²) < 4.78 is 16.8. The van der Waals surface area contributed by atoms with E-state index in [1.54, 1.807) is 13.0 Å². The predicted octanol–water partition coefficient (Wildman–Crippen LogP) is 7.56. The zero-order valence-electron chi connectivity index (χ0n) is 20.8. The van der Waals surface area contributed by atoms with Crippen LogP contribution in [-0.2, 0) is 10.5 Å². The third-order valence-electron chi connectivity index (χ3n) is 6.30. The number of nitrogens with zero attached hydrogens (tertiary/aromatic N) is 3. The van der Waals surface area contributed by atoms with Gasteiger partial charge in [0.15, 0.2) is 0 Å². The molecule has 10 heteroatoms. The minimum atomic E-state index is -0.937. The van der Waals surface area contributed by atoms with E-state index >= 15 is 4.39 Å². The topological polar surface area (TPSA) is 71.8 Å². The van der Waals surface area contributed by atoms with E-state index in [1.165, 1.54) is 28.6 Å². The molecular weight excluding hydrogens is 544 g/mol. The van der Waals surface area contributed by atoms with E-state index in [0.717, 1.165) is 16.7 Å². The van der Waals surface area contributed by atoms with Crippen molar-refractivity contribution in [1.29, 1.82) is 0 Å². The number of halogens is 3. The molecular formula is C28H24Cl2FN5OS. The first kappa shape index (κ1) is 26.3. The number of aryl methyl sites for hydroxylation is 2. The zero-order chi connectivity index (χ0) is 27.0. The number of anilines is 2. The molecule has 1 amide bonds. The first-order chi connectivity index (χ1) is 18.2. The molecule has 1 atom stereocenters. The Morgan fingerprint density at radius 3 is 2.58 bits per heavy atom. The Hall–Kier alpha value is -3.33. The summed E-state index contributed by atoms with van der Waals surface area (Å²) in [6, 6.07) is 16.8. The highest BCUT2D eigenvalue weighted by Crippen LogP contribution is 2.41. The molecule has 0 bridgehead atoms. The quantitative estimate of drug-likeness (QED) is 0.235. The van der Waals surface area contributed by atoms with Gasteiger partial charge in [0, 0.05) is 32.7 Å². The maximum Gasteiger partial charge on any atom is 0.255 e. The molecule has 5 rings (SSSR count). The van der Waals surface area contributed by atoms with Gasteiger partial charge >= 0.3 is 0 Å². The predicted molar refractivity (Wildman–Crippen MR) is 151 cm³/mol. The first-order valence-corrected chi connectivity index (χ1v) is 13.6. The summed E-state index contributed by atoms with van der Waals surface area (Å²) in [6.45, 7) is 5.67. The van der Waals surface area contributed by atoms with Crippen molar-refractivity contribution in [3.63, 3.8) is 0 Å². The molecule has 38 heavy (non-hydrogen) atoms. The van der Waals surface area contributed by atoms with Crippen LogP contribution >= 0.6 is 35.0 Å². The second kappa shape index (κ2) is 10.8. The van der Waals surface area contributed by atoms with Gasteiger partial charge in [0.1, 0.15) is 11.9 Å². The van der Waals surface area contributed by atoms with Crippen molar-refractivity contribution in [3.8, 4) is 0 Å². The average Bonchev–Trinajstić information content (AvgIpc) is 3.27. The van der Waals surface area contributed by atoms with Crippen molar-refractivity contribution < 1.29 is 9.18 Å². The van der Waals surface area contributed by atoms with Gasteiger partial charge in [0.2, 0.25) is 11.1 Å². The normalized spacial score (nSPS) is 14.7. The number of hydrogen-bond donors (Lipinski definition) is 2. The largest absolute Gasteiger partial charge is 0.328 e. The van der Waals surface area contributed by atoms with Gasteiger partial charge in [-0.25, -0.2) is 9.07 Å². The Morgan fingerprint density at radius 2 is 1.84 bits per heavy atom. The van der Waals surface area contributed by atoms with Gasteiger partial charge in [-0.05, 0) is 56.2 Å². The molecule has 2 N–H and O–H groups in total. The van der Waals surface area contributed by atoms with Crippen LogP contribution in [0.4, 0.5) is 16.0 Å². The standard InChI is InChI=1S/C28H24Cl2FN5OS/c1-15-11-12-22(16(2)13-15)33-26(37)23-17(3)32-27-34-28(38-14-18-7-4-5-8-19(18)29)35-36(27)25(23)24-20(30)9-6-10-21(24)31/h4-13,25H,14H2,1-3H3,(H,33,37)(H,32,34,35). The fraction of sp³-hybridized carbons (Fsp3) is 0.179. The number of carbonyl (C=O) groups is 1. The van der Waals surface area contributed by atoms with Gasteiger partial charge in [0.25, 0.3) is 5.91 Å². The third kappa shape index (κ3) is 5.16. The lowest BCUT2D eigenvalue weighted by molar-refractivity contribution is -0.113. The molecule has 0 aliphatic carbocycles. The van der Waals surface area contributed by atoms with Crippen LogP contribution < -0.4 is 10.6 Å². The number of nitrogens with one attached hydrogen (secondary N) is 2. The van der Waals surface area contributed by atoms with Crippen LogP contribution in [0.3, 0.4) is 0 Å². The third-order valence-corrected chi connectivity index (χ3v) is 7.88. The molecule has 3 aromatic carbocycles. The number of aromatic nitrogens is 3. The Morgan fingerprint density at radius 1 is 1.08 bits per heavy atom. The van der Waals surface area contributed by atoms with Gasteiger partial charge < -0.3 is 10.6 Å². The second-order valence-electron chi connectivity index (χ2n) is 9.02. The first-order valence-electron chi connectivity index (χ1n) is 11.9. The van der Waals surface area contributed by atoms with E-state index in [0.29, 0.717) is 33.3 Å². The molecule has 0 saturated heterocycles. The summed E-state index contributed by atoms with van der Waals surface area (Å²) in [6.07, 6.45) is 0. The molecule has 1 aliphatic heterocycles. The number of rotatable bonds is 6. The highest BCUT2D eigenvalue weighted by atomic mass is 35.5. The van der Waals surface area contributed by atoms with Crippen LogP contribution in [0.15, 0.2) is 77.1 Å². The average molecular weight is 569 g/mol. The number of hydrogen-bond acceptors (Lipinski definition) is 5. The van der Waals surface area contributed by atoms with Crippen LogP contribution in [0.2, 0.25) is 10.0 Å². The highest BCUT2D eigenvalue weighted by Gasteiger charge is 2.37. The fourth-order valence-electron chi connectivity index (χ4n) is 4.43. The molecule has 0 saturated carbocycles. The molecule has 0 spiro atoms. The van der Waals surface area contributed by atoms with E-state index in [2.05, 4.69) is 20.7 Å². The molecule has 0 radical (unpaired) electrons. The Bertz CT molecular complexity index is 1570. The summed E-state index contributed by atoms with van der Waals surface area (Å²) in [5.74, 6) is -0.00396. The summed E-state index contributed by atoms with van der Waals surface area (Å²) in [5.41, 5.74) is 4.57. The number of carbonyl (C=O) groups excluding carboxylic acids is 1. The van der Waals surface area contributed by atoms with Crippen LogP contribution in [0.5, 0.6) is 0 Å². The van der Waals surface area contributed by atoms with Crippen LogP contribution in [-0.4, -0.2) is 20.7 Å². The maximum absolute atomic E-state index is 15.3. The number of allylic oxidation sites excluding steroid dienone is 1. The Balaban J connectivity index is 1.54. The van der Waals surface area contributed by atoms with Crippen LogP contribution in [0.1, 0.15) is 35.2 Å². The number of thioether (sulfide) groups is 1. The summed E-state index contributed by atoms with van der Waals surface area (Å²) >= 11 is 14.2. The molecule has 4 aromatic rings. The fourth-order valence-corrected chi connectivity index (χ4v) is 5.81. The Kier molecular flexibility index (Phi) is 7.47. The van der Waals surface area contributed by atoms with Crippen molar-refractivity contribution in [2.45, 2.75) is 37.7 Å². The minimum absolute atomic E-state index is 0.148. The summed E-state index contributed by atoms with van der Waals surface area (Å²) in [4.78, 5) is 18.3. The van der Waals surface area contributed by atoms with E-state index in [4.69, 9.17) is 23.2 Å². The monoisotopic (exact) mass is 567 g/mol. The number of amides is 1. The van der Waals surface area contributed by atoms with E-state index < -0.39 is 17.8 Å². The van der Waals surface area contributed by atoms with E-state index in [-0.39, 0.29) is 16.2 Å². The smallest absolute Gasteiger partial charge is 0.255 e. The van der Waals surface area contributed by atoms with Crippen LogP contribution in [0, 0.1) is 19.7 Å². The van der Waals surface area contributed by atoms with E-state index in [1.807, 2.05) is 56.3 Å². The van der Waals surface area contributed by atoms with Crippen molar-refractivity contribution in [2.75, 3.05) is 10.6 Å². The molecule has 2 heterocycles. The lowest BCUT2D eigenvalue weighted by atomic mass is 9.94. The zero-order valence-corrected chi connectivity index (χ0v) is 23.2. The molecule has 1 aromatic heterocycles. The summed E-state index contributed by atoms with van der Waals surface area (Å²) in [5, 5.41) is 12.1. The van der Waals surface area contributed by atoms with Crippen molar-refractivity contribution in [3.05, 3.63) is 110 Å². The minimum Gasteiger partial charge on any atom is -0.328 e. The lowest BCUT2D eigenvalue weighted by Gasteiger charge is -2.29. The van der Waals surface area contributed by atoms with Crippen molar-refractivity contribution in [2.24, 2.45) is 0 Å². The van der Waals surface area contributed by atoms with Gasteiger partial charge in [-0.2, -0.15) is 4.98 Å². The summed E-state index contributed by atoms with van der Waals surface area (Å²) in [7, 11) is 0. The molecule has 0 fully saturated rings. The maximum atomic E-state index is 15.3. The lowest BCUT2D eigenvalue weighted by Crippen LogP contribution is -2.32. The van der Waals surface area contributed by atoms with Gasteiger partial charge in [0.05, 0.1) is 5.57 Å².